The lowest BCUT2D eigenvalue weighted by Crippen LogP contribution is -2.30. The maximum Gasteiger partial charge on any atom is 0.472 e. The number of hydrogen-bond donors (Lipinski definition) is 3. The standard InChI is InChI=1S/C68H132O17P2/c1-7-10-12-14-16-17-18-19-22-25-28-32-39-45-51-66(71)79-57-63(84-67(72)52-46-40-33-29-26-23-20-21-24-27-31-36-42-48-60(4)5)58-82-86(74,75)80-54-62(69)55-81-87(76,77)83-59-64(56-78-65(70)50-44-38-30-15-13-11-8-2)85-68(73)53-47-41-35-34-37-43-49-61(6)9-3/h60-64,69H,7-59H2,1-6H3,(H,74,75)(H,76,77)/t61?,62-,63-,64-/m1/s1. The quantitative estimate of drug-likeness (QED) is 0.0222. The van der Waals surface area contributed by atoms with E-state index in [1.54, 1.807) is 0 Å². The van der Waals surface area contributed by atoms with Crippen LogP contribution in [-0.4, -0.2) is 96.7 Å². The second kappa shape index (κ2) is 60.3. The van der Waals surface area contributed by atoms with E-state index in [-0.39, 0.29) is 25.7 Å². The molecule has 0 rings (SSSR count). The maximum atomic E-state index is 13.0. The number of hydrogen-bond acceptors (Lipinski definition) is 15. The van der Waals surface area contributed by atoms with E-state index in [2.05, 4.69) is 41.5 Å². The zero-order chi connectivity index (χ0) is 64.3. The fraction of sp³-hybridized carbons (Fsp3) is 0.941. The van der Waals surface area contributed by atoms with Gasteiger partial charge in [0, 0.05) is 25.7 Å². The van der Waals surface area contributed by atoms with Gasteiger partial charge in [0.15, 0.2) is 12.2 Å². The van der Waals surface area contributed by atoms with Gasteiger partial charge in [-0.1, -0.05) is 292 Å². The van der Waals surface area contributed by atoms with E-state index < -0.39 is 97.5 Å². The molecule has 0 aromatic rings. The molecule has 0 radical (unpaired) electrons. The summed E-state index contributed by atoms with van der Waals surface area (Å²) in [5, 5.41) is 10.6. The number of aliphatic hydroxyl groups excluding tert-OH is 1. The summed E-state index contributed by atoms with van der Waals surface area (Å²) < 4.78 is 68.1. The Morgan fingerprint density at radius 1 is 0.333 bits per heavy atom. The second-order valence-corrected chi connectivity index (χ2v) is 28.2. The zero-order valence-electron chi connectivity index (χ0n) is 56.3. The Hall–Kier alpha value is -1.94. The van der Waals surface area contributed by atoms with Gasteiger partial charge in [0.05, 0.1) is 26.4 Å². The van der Waals surface area contributed by atoms with Crippen LogP contribution in [0.5, 0.6) is 0 Å². The van der Waals surface area contributed by atoms with Gasteiger partial charge in [0.25, 0.3) is 0 Å². The molecule has 0 fully saturated rings. The van der Waals surface area contributed by atoms with E-state index in [0.29, 0.717) is 25.7 Å². The summed E-state index contributed by atoms with van der Waals surface area (Å²) >= 11 is 0. The van der Waals surface area contributed by atoms with Crippen LogP contribution in [0.3, 0.4) is 0 Å². The van der Waals surface area contributed by atoms with Crippen LogP contribution in [0.1, 0.15) is 343 Å². The van der Waals surface area contributed by atoms with Crippen molar-refractivity contribution in [3.63, 3.8) is 0 Å². The molecule has 17 nitrogen and oxygen atoms in total. The van der Waals surface area contributed by atoms with Crippen LogP contribution in [0.2, 0.25) is 0 Å². The highest BCUT2D eigenvalue weighted by Crippen LogP contribution is 2.45. The highest BCUT2D eigenvalue weighted by atomic mass is 31.2. The van der Waals surface area contributed by atoms with Crippen molar-refractivity contribution in [1.82, 2.24) is 0 Å². The van der Waals surface area contributed by atoms with Crippen molar-refractivity contribution in [3.8, 4) is 0 Å². The number of ether oxygens (including phenoxy) is 4. The van der Waals surface area contributed by atoms with Gasteiger partial charge in [0.1, 0.15) is 19.3 Å². The molecule has 87 heavy (non-hydrogen) atoms. The summed E-state index contributed by atoms with van der Waals surface area (Å²) in [7, 11) is -9.89. The number of unbranched alkanes of at least 4 members (excludes halogenated alkanes) is 36. The maximum absolute atomic E-state index is 13.0. The molecule has 6 atom stereocenters. The van der Waals surface area contributed by atoms with Crippen molar-refractivity contribution in [2.75, 3.05) is 39.6 Å². The lowest BCUT2D eigenvalue weighted by Gasteiger charge is -2.21. The molecule has 0 saturated heterocycles. The first-order valence-electron chi connectivity index (χ1n) is 35.5. The molecule has 0 saturated carbocycles. The van der Waals surface area contributed by atoms with Crippen LogP contribution < -0.4 is 0 Å². The van der Waals surface area contributed by atoms with Crippen molar-refractivity contribution in [1.29, 1.82) is 0 Å². The minimum atomic E-state index is -4.95. The van der Waals surface area contributed by atoms with E-state index >= 15 is 0 Å². The van der Waals surface area contributed by atoms with Crippen LogP contribution in [0.15, 0.2) is 0 Å². The molecule has 0 aromatic heterocycles. The Labute approximate surface area is 530 Å². The predicted molar refractivity (Wildman–Crippen MR) is 349 cm³/mol. The van der Waals surface area contributed by atoms with E-state index in [1.807, 2.05) is 0 Å². The van der Waals surface area contributed by atoms with Crippen LogP contribution in [0.25, 0.3) is 0 Å². The van der Waals surface area contributed by atoms with Gasteiger partial charge in [-0.3, -0.25) is 37.3 Å². The Morgan fingerprint density at radius 3 is 0.874 bits per heavy atom. The van der Waals surface area contributed by atoms with Crippen molar-refractivity contribution < 1.29 is 80.2 Å². The Balaban J connectivity index is 5.21. The van der Waals surface area contributed by atoms with Crippen molar-refractivity contribution in [2.24, 2.45) is 11.8 Å². The number of esters is 4. The Morgan fingerprint density at radius 2 is 0.586 bits per heavy atom. The molecule has 0 spiro atoms. The van der Waals surface area contributed by atoms with Crippen molar-refractivity contribution >= 4 is 39.5 Å². The highest BCUT2D eigenvalue weighted by molar-refractivity contribution is 7.47. The number of carbonyl (C=O) groups is 4. The molecule has 3 N–H and O–H groups in total. The number of phosphoric ester groups is 2. The topological polar surface area (TPSA) is 237 Å². The third kappa shape index (κ3) is 61.3. The SMILES string of the molecule is CCCCCCCCCCCCCCCCC(=O)OC[C@H](COP(=O)(O)OC[C@@H](O)COP(=O)(O)OC[C@@H](COC(=O)CCCCCCCCC)OC(=O)CCCCCCCCC(C)CC)OC(=O)CCCCCCCCCCCCCCCC(C)C. The number of phosphoric acid groups is 2. The molecule has 0 aliphatic heterocycles. The summed E-state index contributed by atoms with van der Waals surface area (Å²) in [6.45, 7) is 9.46. The van der Waals surface area contributed by atoms with E-state index in [9.17, 15) is 43.2 Å². The van der Waals surface area contributed by atoms with Crippen LogP contribution in [0, 0.1) is 11.8 Å². The fourth-order valence-electron chi connectivity index (χ4n) is 10.2. The third-order valence-electron chi connectivity index (χ3n) is 16.1. The number of rotatable bonds is 67. The smallest absolute Gasteiger partial charge is 0.462 e. The van der Waals surface area contributed by atoms with Gasteiger partial charge in [-0.2, -0.15) is 0 Å². The molecule has 0 aliphatic rings. The molecule has 516 valence electrons. The third-order valence-corrected chi connectivity index (χ3v) is 18.0. The summed E-state index contributed by atoms with van der Waals surface area (Å²) in [6, 6.07) is 0. The Kier molecular flexibility index (Phi) is 59.0. The number of carbonyl (C=O) groups excluding carboxylic acids is 4. The fourth-order valence-corrected chi connectivity index (χ4v) is 11.8. The van der Waals surface area contributed by atoms with Crippen LogP contribution in [0.4, 0.5) is 0 Å². The van der Waals surface area contributed by atoms with Gasteiger partial charge in [-0.25, -0.2) is 9.13 Å². The van der Waals surface area contributed by atoms with Crippen molar-refractivity contribution in [3.05, 3.63) is 0 Å². The second-order valence-electron chi connectivity index (χ2n) is 25.3. The van der Waals surface area contributed by atoms with Gasteiger partial charge in [0.2, 0.25) is 0 Å². The molecule has 0 aliphatic carbocycles. The average molecular weight is 1280 g/mol. The summed E-state index contributed by atoms with van der Waals surface area (Å²) in [4.78, 5) is 72.3. The predicted octanol–water partition coefficient (Wildman–Crippen LogP) is 19.2. The first-order chi connectivity index (χ1) is 41.9. The molecule has 0 bridgehead atoms. The normalized spacial score (nSPS) is 14.5. The highest BCUT2D eigenvalue weighted by Gasteiger charge is 2.30. The first kappa shape index (κ1) is 85.1. The molecule has 0 amide bonds. The summed E-state index contributed by atoms with van der Waals surface area (Å²) in [5.74, 6) is -0.626. The molecule has 3 unspecified atom stereocenters. The van der Waals surface area contributed by atoms with E-state index in [0.717, 1.165) is 115 Å². The lowest BCUT2D eigenvalue weighted by atomic mass is 10.00. The first-order valence-corrected chi connectivity index (χ1v) is 38.5. The van der Waals surface area contributed by atoms with Crippen LogP contribution in [-0.2, 0) is 65.4 Å². The minimum Gasteiger partial charge on any atom is -0.462 e. The van der Waals surface area contributed by atoms with Gasteiger partial charge in [-0.05, 0) is 37.5 Å². The number of aliphatic hydroxyl groups is 1. The van der Waals surface area contributed by atoms with Gasteiger partial charge >= 0.3 is 39.5 Å². The summed E-state index contributed by atoms with van der Waals surface area (Å²) in [5.41, 5.74) is 0. The molecule has 0 aromatic carbocycles. The van der Waals surface area contributed by atoms with Gasteiger partial charge in [-0.15, -0.1) is 0 Å². The molecule has 0 heterocycles. The Bertz CT molecular complexity index is 1700. The largest absolute Gasteiger partial charge is 0.472 e. The van der Waals surface area contributed by atoms with E-state index in [4.69, 9.17) is 37.0 Å². The van der Waals surface area contributed by atoms with Crippen molar-refractivity contribution in [2.45, 2.75) is 362 Å². The molecular formula is C68H132O17P2. The average Bonchev–Trinajstić information content (AvgIpc) is 3.71. The minimum absolute atomic E-state index is 0.103. The van der Waals surface area contributed by atoms with Gasteiger partial charge < -0.3 is 33.8 Å². The lowest BCUT2D eigenvalue weighted by molar-refractivity contribution is -0.161. The molecule has 19 heteroatoms. The molecular weight excluding hydrogens is 1150 g/mol. The van der Waals surface area contributed by atoms with E-state index in [1.165, 1.54) is 148 Å². The summed E-state index contributed by atoms with van der Waals surface area (Å²) in [6.07, 6.45) is 44.6. The monoisotopic (exact) mass is 1280 g/mol. The zero-order valence-corrected chi connectivity index (χ0v) is 58.1. The van der Waals surface area contributed by atoms with Crippen LogP contribution >= 0.6 is 15.6 Å².